The number of aliphatic hydroxyl groups excluding tert-OH is 2. The fourth-order valence-electron chi connectivity index (χ4n) is 3.30. The number of phenols is 1. The summed E-state index contributed by atoms with van der Waals surface area (Å²) in [5, 5.41) is 32.8. The van der Waals surface area contributed by atoms with Crippen LogP contribution in [0.15, 0.2) is 48.5 Å². The first-order valence-corrected chi connectivity index (χ1v) is 9.94. The predicted molar refractivity (Wildman–Crippen MR) is 112 cm³/mol. The first kappa shape index (κ1) is 21.9. The minimum absolute atomic E-state index is 0.0434. The molecule has 1 aliphatic rings. The van der Waals surface area contributed by atoms with Crippen molar-refractivity contribution in [3.63, 3.8) is 0 Å². The molecule has 0 aliphatic carbocycles. The van der Waals surface area contributed by atoms with E-state index in [0.29, 0.717) is 36.8 Å². The van der Waals surface area contributed by atoms with Gasteiger partial charge in [0, 0.05) is 32.7 Å². The van der Waals surface area contributed by atoms with Crippen LogP contribution < -0.4 is 10.2 Å². The summed E-state index contributed by atoms with van der Waals surface area (Å²) in [6.07, 6.45) is -3.75. The highest BCUT2D eigenvalue weighted by molar-refractivity contribution is 6.33. The Morgan fingerprint density at radius 1 is 1.00 bits per heavy atom. The molecular weight excluding hydrogens is 410 g/mol. The van der Waals surface area contributed by atoms with Gasteiger partial charge in [0.15, 0.2) is 12.2 Å². The lowest BCUT2D eigenvalue weighted by Gasteiger charge is -2.37. The van der Waals surface area contributed by atoms with Crippen LogP contribution >= 0.6 is 11.6 Å². The second-order valence-electron chi connectivity index (χ2n) is 7.04. The van der Waals surface area contributed by atoms with Crippen LogP contribution in [-0.2, 0) is 16.1 Å². The highest BCUT2D eigenvalue weighted by Gasteiger charge is 2.34. The Hall–Kier alpha value is -2.81. The predicted octanol–water partition coefficient (Wildman–Crippen LogP) is 0.732. The molecule has 0 aromatic heterocycles. The van der Waals surface area contributed by atoms with Gasteiger partial charge in [-0.1, -0.05) is 35.9 Å². The number of benzene rings is 2. The number of aromatic hydroxyl groups is 1. The van der Waals surface area contributed by atoms with Crippen LogP contribution in [0.25, 0.3) is 0 Å². The van der Waals surface area contributed by atoms with Gasteiger partial charge in [-0.2, -0.15) is 0 Å². The first-order valence-electron chi connectivity index (χ1n) is 9.57. The molecule has 1 fully saturated rings. The van der Waals surface area contributed by atoms with Crippen LogP contribution in [0.4, 0.5) is 5.69 Å². The Bertz CT molecular complexity index is 902. The summed E-state index contributed by atoms with van der Waals surface area (Å²) < 4.78 is 0. The maximum atomic E-state index is 12.5. The summed E-state index contributed by atoms with van der Waals surface area (Å²) in [7, 11) is 0. The Morgan fingerprint density at radius 2 is 1.70 bits per heavy atom. The Labute approximate surface area is 179 Å². The maximum absolute atomic E-state index is 12.5. The topological polar surface area (TPSA) is 113 Å². The summed E-state index contributed by atoms with van der Waals surface area (Å²) in [4.78, 5) is 28.1. The van der Waals surface area contributed by atoms with E-state index in [1.54, 1.807) is 18.2 Å². The van der Waals surface area contributed by atoms with E-state index in [1.807, 2.05) is 23.1 Å². The first-order chi connectivity index (χ1) is 14.4. The zero-order chi connectivity index (χ0) is 21.7. The SMILES string of the molecule is O=C(NCc1cccc(O)c1)[C@H](O)[C@@H](O)C(=O)N1CCN(c2ccccc2Cl)CC1. The third-order valence-electron chi connectivity index (χ3n) is 4.98. The van der Waals surface area contributed by atoms with Crippen molar-refractivity contribution in [3.05, 3.63) is 59.1 Å². The lowest BCUT2D eigenvalue weighted by Crippen LogP contribution is -2.55. The number of hydrogen-bond acceptors (Lipinski definition) is 6. The van der Waals surface area contributed by atoms with Gasteiger partial charge in [0.2, 0.25) is 0 Å². The summed E-state index contributed by atoms with van der Waals surface area (Å²) in [5.74, 6) is -1.52. The average Bonchev–Trinajstić information content (AvgIpc) is 2.76. The molecule has 1 aliphatic heterocycles. The number of rotatable bonds is 6. The molecule has 2 amide bonds. The van der Waals surface area contributed by atoms with Gasteiger partial charge >= 0.3 is 0 Å². The molecule has 160 valence electrons. The minimum Gasteiger partial charge on any atom is -0.508 e. The lowest BCUT2D eigenvalue weighted by atomic mass is 10.1. The molecule has 1 heterocycles. The standard InChI is InChI=1S/C21H24ClN3O5/c22-16-6-1-2-7-17(16)24-8-10-25(11-9-24)21(30)19(28)18(27)20(29)23-13-14-4-3-5-15(26)12-14/h1-7,12,18-19,26-28H,8-11,13H2,(H,23,29)/t18-,19-/m1/s1. The molecule has 0 radical (unpaired) electrons. The molecule has 9 heteroatoms. The quantitative estimate of drug-likeness (QED) is 0.534. The molecule has 8 nitrogen and oxygen atoms in total. The molecular formula is C21H24ClN3O5. The van der Waals surface area contributed by atoms with Crippen molar-refractivity contribution in [2.24, 2.45) is 0 Å². The number of phenolic OH excluding ortho intramolecular Hbond substituents is 1. The summed E-state index contributed by atoms with van der Waals surface area (Å²) in [5.41, 5.74) is 1.49. The van der Waals surface area contributed by atoms with Gasteiger partial charge in [-0.3, -0.25) is 9.59 Å². The number of anilines is 1. The highest BCUT2D eigenvalue weighted by atomic mass is 35.5. The number of carbonyl (C=O) groups is 2. The largest absolute Gasteiger partial charge is 0.508 e. The van der Waals surface area contributed by atoms with Gasteiger partial charge in [-0.15, -0.1) is 0 Å². The zero-order valence-electron chi connectivity index (χ0n) is 16.2. The van der Waals surface area contributed by atoms with Gasteiger partial charge in [-0.05, 0) is 29.8 Å². The van der Waals surface area contributed by atoms with E-state index in [1.165, 1.54) is 17.0 Å². The molecule has 2 aromatic carbocycles. The van der Waals surface area contributed by atoms with E-state index in [4.69, 9.17) is 11.6 Å². The molecule has 4 N–H and O–H groups in total. The third kappa shape index (κ3) is 5.21. The van der Waals surface area contributed by atoms with Crippen LogP contribution in [0.3, 0.4) is 0 Å². The minimum atomic E-state index is -1.89. The number of amides is 2. The van der Waals surface area contributed by atoms with Crippen molar-refractivity contribution in [3.8, 4) is 5.75 Å². The second-order valence-corrected chi connectivity index (χ2v) is 7.45. The number of aliphatic hydroxyl groups is 2. The smallest absolute Gasteiger partial charge is 0.254 e. The molecule has 30 heavy (non-hydrogen) atoms. The molecule has 0 bridgehead atoms. The van der Waals surface area contributed by atoms with Crippen LogP contribution in [0, 0.1) is 0 Å². The van der Waals surface area contributed by atoms with E-state index in [-0.39, 0.29) is 12.3 Å². The fraction of sp³-hybridized carbons (Fsp3) is 0.333. The third-order valence-corrected chi connectivity index (χ3v) is 5.30. The Morgan fingerprint density at radius 3 is 2.37 bits per heavy atom. The van der Waals surface area contributed by atoms with E-state index in [0.717, 1.165) is 5.69 Å². The second kappa shape index (κ2) is 9.80. The molecule has 0 saturated carbocycles. The number of nitrogens with one attached hydrogen (secondary N) is 1. The van der Waals surface area contributed by atoms with Gasteiger partial charge in [0.1, 0.15) is 5.75 Å². The highest BCUT2D eigenvalue weighted by Crippen LogP contribution is 2.26. The number of carbonyl (C=O) groups excluding carboxylic acids is 2. The van der Waals surface area contributed by atoms with Crippen LogP contribution in [0.5, 0.6) is 5.75 Å². The molecule has 0 unspecified atom stereocenters. The average molecular weight is 434 g/mol. The van der Waals surface area contributed by atoms with Crippen molar-refractivity contribution in [1.82, 2.24) is 10.2 Å². The van der Waals surface area contributed by atoms with Crippen molar-refractivity contribution in [2.75, 3.05) is 31.1 Å². The molecule has 0 spiro atoms. The van der Waals surface area contributed by atoms with Gasteiger partial charge in [-0.25, -0.2) is 0 Å². The monoisotopic (exact) mass is 433 g/mol. The number of para-hydroxylation sites is 1. The van der Waals surface area contributed by atoms with Gasteiger partial charge in [0.25, 0.3) is 11.8 Å². The van der Waals surface area contributed by atoms with Gasteiger partial charge in [0.05, 0.1) is 10.7 Å². The molecule has 2 aromatic rings. The number of piperazine rings is 1. The number of nitrogens with zero attached hydrogens (tertiary/aromatic N) is 2. The van der Waals surface area contributed by atoms with Gasteiger partial charge < -0.3 is 30.4 Å². The van der Waals surface area contributed by atoms with Crippen LogP contribution in [-0.4, -0.2) is 70.4 Å². The van der Waals surface area contributed by atoms with E-state index in [9.17, 15) is 24.9 Å². The normalized spacial score (nSPS) is 16.1. The summed E-state index contributed by atoms with van der Waals surface area (Å²) >= 11 is 6.21. The van der Waals surface area contributed by atoms with E-state index >= 15 is 0 Å². The van der Waals surface area contributed by atoms with Crippen molar-refractivity contribution in [1.29, 1.82) is 0 Å². The van der Waals surface area contributed by atoms with Crippen molar-refractivity contribution in [2.45, 2.75) is 18.8 Å². The zero-order valence-corrected chi connectivity index (χ0v) is 17.0. The molecule has 3 rings (SSSR count). The van der Waals surface area contributed by atoms with Crippen molar-refractivity contribution >= 4 is 29.1 Å². The summed E-state index contributed by atoms with van der Waals surface area (Å²) in [6.45, 7) is 1.74. The van der Waals surface area contributed by atoms with Crippen molar-refractivity contribution < 1.29 is 24.9 Å². The fourth-order valence-corrected chi connectivity index (χ4v) is 3.56. The molecule has 1 saturated heterocycles. The Balaban J connectivity index is 1.51. The van der Waals surface area contributed by atoms with E-state index < -0.39 is 24.0 Å². The Kier molecular flexibility index (Phi) is 7.15. The van der Waals surface area contributed by atoms with Crippen LogP contribution in [0.2, 0.25) is 5.02 Å². The van der Waals surface area contributed by atoms with Crippen LogP contribution in [0.1, 0.15) is 5.56 Å². The molecule has 2 atom stereocenters. The number of hydrogen-bond donors (Lipinski definition) is 4. The summed E-state index contributed by atoms with van der Waals surface area (Å²) in [6, 6.07) is 13.7. The lowest BCUT2D eigenvalue weighted by molar-refractivity contribution is -0.153. The number of halogens is 1. The van der Waals surface area contributed by atoms with E-state index in [2.05, 4.69) is 5.32 Å². The maximum Gasteiger partial charge on any atom is 0.254 e.